The van der Waals surface area contributed by atoms with Crippen molar-refractivity contribution < 1.29 is 0 Å². The van der Waals surface area contributed by atoms with Gasteiger partial charge < -0.3 is 0 Å². The Bertz CT molecular complexity index is 395. The number of rotatable bonds is 3. The smallest absolute Gasteiger partial charge is 0.0939 e. The predicted octanol–water partition coefficient (Wildman–Crippen LogP) is 2.59. The number of benzene rings is 1. The summed E-state index contributed by atoms with van der Waals surface area (Å²) in [4.78, 5) is 4.08. The second kappa shape index (κ2) is 4.53. The van der Waals surface area contributed by atoms with Crippen LogP contribution >= 0.6 is 11.3 Å². The SMILES string of the molecule is C(=N\Nc1ccccc1)/c1cscn1. The zero-order valence-electron chi connectivity index (χ0n) is 7.42. The molecule has 1 aromatic heterocycles. The van der Waals surface area contributed by atoms with E-state index in [2.05, 4.69) is 15.5 Å². The lowest BCUT2D eigenvalue weighted by Crippen LogP contribution is -1.89. The lowest BCUT2D eigenvalue weighted by atomic mass is 10.3. The number of thiazole rings is 1. The Labute approximate surface area is 86.1 Å². The molecular weight excluding hydrogens is 194 g/mol. The summed E-state index contributed by atoms with van der Waals surface area (Å²) in [6.45, 7) is 0. The van der Waals surface area contributed by atoms with Crippen LogP contribution in [0, 0.1) is 0 Å². The van der Waals surface area contributed by atoms with Crippen molar-refractivity contribution in [3.05, 3.63) is 46.9 Å². The highest BCUT2D eigenvalue weighted by molar-refractivity contribution is 7.07. The topological polar surface area (TPSA) is 37.3 Å². The van der Waals surface area contributed by atoms with Crippen molar-refractivity contribution in [1.82, 2.24) is 4.98 Å². The van der Waals surface area contributed by atoms with Gasteiger partial charge in [-0.05, 0) is 12.1 Å². The Morgan fingerprint density at radius 1 is 1.29 bits per heavy atom. The normalized spacial score (nSPS) is 10.6. The summed E-state index contributed by atoms with van der Waals surface area (Å²) < 4.78 is 0. The lowest BCUT2D eigenvalue weighted by Gasteiger charge is -1.96. The van der Waals surface area contributed by atoms with Crippen LogP contribution in [0.15, 0.2) is 46.3 Å². The van der Waals surface area contributed by atoms with Gasteiger partial charge in [0.15, 0.2) is 0 Å². The molecule has 0 radical (unpaired) electrons. The summed E-state index contributed by atoms with van der Waals surface area (Å²) in [6.07, 6.45) is 1.70. The zero-order chi connectivity index (χ0) is 9.64. The minimum absolute atomic E-state index is 0.874. The predicted molar refractivity (Wildman–Crippen MR) is 59.8 cm³/mol. The summed E-state index contributed by atoms with van der Waals surface area (Å²) in [6, 6.07) is 9.80. The van der Waals surface area contributed by atoms with E-state index in [9.17, 15) is 0 Å². The van der Waals surface area contributed by atoms with Crippen LogP contribution in [0.1, 0.15) is 5.69 Å². The Morgan fingerprint density at radius 3 is 2.86 bits per heavy atom. The highest BCUT2D eigenvalue weighted by atomic mass is 32.1. The number of anilines is 1. The fourth-order valence-electron chi connectivity index (χ4n) is 0.971. The fourth-order valence-corrected chi connectivity index (χ4v) is 1.48. The summed E-state index contributed by atoms with van der Waals surface area (Å²) >= 11 is 1.56. The molecule has 0 unspecified atom stereocenters. The van der Waals surface area contributed by atoms with E-state index >= 15 is 0 Å². The molecule has 1 N–H and O–H groups in total. The van der Waals surface area contributed by atoms with Crippen molar-refractivity contribution in [3.63, 3.8) is 0 Å². The van der Waals surface area contributed by atoms with Gasteiger partial charge in [-0.25, -0.2) is 4.98 Å². The average molecular weight is 203 g/mol. The van der Waals surface area contributed by atoms with Crippen LogP contribution in [0.4, 0.5) is 5.69 Å². The molecule has 0 bridgehead atoms. The molecule has 0 atom stereocenters. The molecule has 1 aromatic carbocycles. The molecule has 70 valence electrons. The van der Waals surface area contributed by atoms with Crippen LogP contribution in [0.2, 0.25) is 0 Å². The molecule has 0 aliphatic rings. The molecule has 0 fully saturated rings. The minimum atomic E-state index is 0.874. The van der Waals surface area contributed by atoms with Crippen molar-refractivity contribution >= 4 is 23.2 Å². The molecule has 2 aromatic rings. The monoisotopic (exact) mass is 203 g/mol. The standard InChI is InChI=1S/C10H9N3S/c1-2-4-9(5-3-1)13-12-6-10-7-14-8-11-10/h1-8,13H/b12-6+. The largest absolute Gasteiger partial charge is 0.278 e. The van der Waals surface area contributed by atoms with E-state index in [1.165, 1.54) is 0 Å². The zero-order valence-corrected chi connectivity index (χ0v) is 8.24. The first kappa shape index (κ1) is 8.90. The Hall–Kier alpha value is -1.68. The van der Waals surface area contributed by atoms with Crippen LogP contribution < -0.4 is 5.43 Å². The number of hydrogen-bond acceptors (Lipinski definition) is 4. The van der Waals surface area contributed by atoms with E-state index in [1.54, 1.807) is 23.1 Å². The molecule has 4 heteroatoms. The highest BCUT2D eigenvalue weighted by Gasteiger charge is 1.87. The maximum Gasteiger partial charge on any atom is 0.0939 e. The van der Waals surface area contributed by atoms with E-state index in [1.807, 2.05) is 35.7 Å². The van der Waals surface area contributed by atoms with E-state index < -0.39 is 0 Å². The van der Waals surface area contributed by atoms with Gasteiger partial charge in [0.2, 0.25) is 0 Å². The third-order valence-corrected chi connectivity index (χ3v) is 2.22. The summed E-state index contributed by atoms with van der Waals surface area (Å²) in [5.41, 5.74) is 6.54. The molecule has 14 heavy (non-hydrogen) atoms. The maximum atomic E-state index is 4.08. The number of aromatic nitrogens is 1. The number of para-hydroxylation sites is 1. The molecule has 0 amide bonds. The Balaban J connectivity index is 1.95. The highest BCUT2D eigenvalue weighted by Crippen LogP contribution is 2.04. The molecule has 0 saturated carbocycles. The first-order chi connectivity index (χ1) is 6.95. The molecule has 0 aliphatic heterocycles. The van der Waals surface area contributed by atoms with Crippen LogP contribution in [-0.4, -0.2) is 11.2 Å². The minimum Gasteiger partial charge on any atom is -0.278 e. The number of hydrazone groups is 1. The first-order valence-corrected chi connectivity index (χ1v) is 5.12. The van der Waals surface area contributed by atoms with Gasteiger partial charge >= 0.3 is 0 Å². The molecule has 0 saturated heterocycles. The summed E-state index contributed by atoms with van der Waals surface area (Å²) in [5, 5.41) is 5.99. The molecule has 0 aliphatic carbocycles. The van der Waals surface area contributed by atoms with E-state index in [4.69, 9.17) is 0 Å². The van der Waals surface area contributed by atoms with Crippen molar-refractivity contribution in [3.8, 4) is 0 Å². The van der Waals surface area contributed by atoms with Gasteiger partial charge in [-0.1, -0.05) is 18.2 Å². The second-order valence-electron chi connectivity index (χ2n) is 2.65. The van der Waals surface area contributed by atoms with Crippen LogP contribution in [0.3, 0.4) is 0 Å². The molecule has 2 rings (SSSR count). The van der Waals surface area contributed by atoms with Crippen molar-refractivity contribution in [2.75, 3.05) is 5.43 Å². The van der Waals surface area contributed by atoms with Crippen LogP contribution in [0.25, 0.3) is 0 Å². The van der Waals surface area contributed by atoms with Gasteiger partial charge in [0.25, 0.3) is 0 Å². The molecular formula is C10H9N3S. The van der Waals surface area contributed by atoms with E-state index in [0.29, 0.717) is 0 Å². The van der Waals surface area contributed by atoms with E-state index in [-0.39, 0.29) is 0 Å². The van der Waals surface area contributed by atoms with Gasteiger partial charge in [0, 0.05) is 5.38 Å². The van der Waals surface area contributed by atoms with Crippen LogP contribution in [0.5, 0.6) is 0 Å². The average Bonchev–Trinajstić information content (AvgIpc) is 2.72. The van der Waals surface area contributed by atoms with Crippen molar-refractivity contribution in [2.24, 2.45) is 5.10 Å². The van der Waals surface area contributed by atoms with E-state index in [0.717, 1.165) is 11.4 Å². The third-order valence-electron chi connectivity index (χ3n) is 1.62. The third kappa shape index (κ3) is 2.40. The molecule has 1 heterocycles. The van der Waals surface area contributed by atoms with Gasteiger partial charge in [-0.3, -0.25) is 5.43 Å². The lowest BCUT2D eigenvalue weighted by molar-refractivity contribution is 1.32. The number of hydrogen-bond donors (Lipinski definition) is 1. The maximum absolute atomic E-state index is 4.08. The van der Waals surface area contributed by atoms with Crippen molar-refractivity contribution in [2.45, 2.75) is 0 Å². The summed E-state index contributed by atoms with van der Waals surface area (Å²) in [5.74, 6) is 0. The quantitative estimate of drug-likeness (QED) is 0.615. The summed E-state index contributed by atoms with van der Waals surface area (Å²) in [7, 11) is 0. The van der Waals surface area contributed by atoms with Crippen LogP contribution in [-0.2, 0) is 0 Å². The van der Waals surface area contributed by atoms with Gasteiger partial charge in [0.1, 0.15) is 0 Å². The Kier molecular flexibility index (Phi) is 2.88. The number of nitrogens with one attached hydrogen (secondary N) is 1. The first-order valence-electron chi connectivity index (χ1n) is 4.17. The van der Waals surface area contributed by atoms with Gasteiger partial charge in [-0.2, -0.15) is 5.10 Å². The second-order valence-corrected chi connectivity index (χ2v) is 3.37. The fraction of sp³-hybridized carbons (Fsp3) is 0. The van der Waals surface area contributed by atoms with Gasteiger partial charge in [-0.15, -0.1) is 11.3 Å². The molecule has 0 spiro atoms. The molecule has 3 nitrogen and oxygen atoms in total. The number of nitrogens with zero attached hydrogens (tertiary/aromatic N) is 2. The Morgan fingerprint density at radius 2 is 2.14 bits per heavy atom. The van der Waals surface area contributed by atoms with Crippen molar-refractivity contribution in [1.29, 1.82) is 0 Å². The van der Waals surface area contributed by atoms with Gasteiger partial charge in [0.05, 0.1) is 23.1 Å².